The highest BCUT2D eigenvalue weighted by Gasteiger charge is 2.15. The Hall–Kier alpha value is -2.01. The molecule has 0 saturated carbocycles. The SMILES string of the molecule is Cc1ccc(N/N=C\c2cc3c(cc2Br)OCO3)c(C)c1. The molecule has 0 spiro atoms. The maximum Gasteiger partial charge on any atom is 0.231 e. The quantitative estimate of drug-likeness (QED) is 0.667. The number of aryl methyl sites for hydroxylation is 2. The first kappa shape index (κ1) is 13.9. The van der Waals surface area contributed by atoms with E-state index in [1.807, 2.05) is 18.2 Å². The molecule has 21 heavy (non-hydrogen) atoms. The minimum atomic E-state index is 0.267. The predicted octanol–water partition coefficient (Wildman–Crippen LogP) is 4.24. The van der Waals surface area contributed by atoms with Crippen molar-refractivity contribution in [2.75, 3.05) is 12.2 Å². The van der Waals surface area contributed by atoms with Crippen LogP contribution in [0.15, 0.2) is 39.9 Å². The molecule has 0 atom stereocenters. The molecule has 1 heterocycles. The molecule has 0 aliphatic carbocycles. The van der Waals surface area contributed by atoms with E-state index >= 15 is 0 Å². The number of hydrogen-bond acceptors (Lipinski definition) is 4. The molecule has 2 aromatic rings. The number of ether oxygens (including phenoxy) is 2. The van der Waals surface area contributed by atoms with Crippen LogP contribution in [0.25, 0.3) is 0 Å². The Morgan fingerprint density at radius 2 is 1.90 bits per heavy atom. The summed E-state index contributed by atoms with van der Waals surface area (Å²) in [6.45, 7) is 4.40. The smallest absolute Gasteiger partial charge is 0.231 e. The Morgan fingerprint density at radius 3 is 2.67 bits per heavy atom. The van der Waals surface area contributed by atoms with Gasteiger partial charge < -0.3 is 9.47 Å². The van der Waals surface area contributed by atoms with E-state index in [4.69, 9.17) is 9.47 Å². The van der Waals surface area contributed by atoms with E-state index in [9.17, 15) is 0 Å². The molecule has 2 aromatic carbocycles. The summed E-state index contributed by atoms with van der Waals surface area (Å²) in [5.41, 5.74) is 7.38. The molecule has 0 saturated heterocycles. The van der Waals surface area contributed by atoms with Crippen LogP contribution in [0.3, 0.4) is 0 Å². The Labute approximate surface area is 131 Å². The van der Waals surface area contributed by atoms with Gasteiger partial charge in [0.25, 0.3) is 0 Å². The highest BCUT2D eigenvalue weighted by Crippen LogP contribution is 2.36. The zero-order valence-corrected chi connectivity index (χ0v) is 13.4. The summed E-state index contributed by atoms with van der Waals surface area (Å²) in [7, 11) is 0. The van der Waals surface area contributed by atoms with Crippen LogP contribution in [0, 0.1) is 13.8 Å². The number of benzene rings is 2. The van der Waals surface area contributed by atoms with Gasteiger partial charge in [-0.2, -0.15) is 5.10 Å². The molecular formula is C16H15BrN2O2. The molecule has 1 N–H and O–H groups in total. The van der Waals surface area contributed by atoms with Gasteiger partial charge in [0.15, 0.2) is 11.5 Å². The molecule has 0 amide bonds. The summed E-state index contributed by atoms with van der Waals surface area (Å²) >= 11 is 3.51. The first-order valence-corrected chi connectivity index (χ1v) is 7.38. The lowest BCUT2D eigenvalue weighted by atomic mass is 10.1. The molecule has 108 valence electrons. The van der Waals surface area contributed by atoms with E-state index in [1.54, 1.807) is 6.21 Å². The Balaban J connectivity index is 1.77. The van der Waals surface area contributed by atoms with Gasteiger partial charge in [-0.1, -0.05) is 17.7 Å². The fourth-order valence-corrected chi connectivity index (χ4v) is 2.57. The average molecular weight is 347 g/mol. The number of anilines is 1. The zero-order valence-electron chi connectivity index (χ0n) is 11.8. The van der Waals surface area contributed by atoms with Gasteiger partial charge in [0, 0.05) is 10.0 Å². The van der Waals surface area contributed by atoms with Gasteiger partial charge >= 0.3 is 0 Å². The lowest BCUT2D eigenvalue weighted by Gasteiger charge is -2.06. The van der Waals surface area contributed by atoms with Crippen LogP contribution < -0.4 is 14.9 Å². The zero-order chi connectivity index (χ0) is 14.8. The fraction of sp³-hybridized carbons (Fsp3) is 0.188. The lowest BCUT2D eigenvalue weighted by molar-refractivity contribution is 0.174. The van der Waals surface area contributed by atoms with Crippen LogP contribution in [0.4, 0.5) is 5.69 Å². The second-order valence-corrected chi connectivity index (χ2v) is 5.77. The third-order valence-electron chi connectivity index (χ3n) is 3.26. The van der Waals surface area contributed by atoms with Crippen LogP contribution in [-0.4, -0.2) is 13.0 Å². The van der Waals surface area contributed by atoms with Crippen molar-refractivity contribution in [3.8, 4) is 11.5 Å². The highest BCUT2D eigenvalue weighted by molar-refractivity contribution is 9.10. The van der Waals surface area contributed by atoms with E-state index in [0.717, 1.165) is 32.8 Å². The Morgan fingerprint density at radius 1 is 1.14 bits per heavy atom. The van der Waals surface area contributed by atoms with Gasteiger partial charge in [0.05, 0.1) is 11.9 Å². The number of nitrogens with one attached hydrogen (secondary N) is 1. The van der Waals surface area contributed by atoms with E-state index in [0.29, 0.717) is 0 Å². The summed E-state index contributed by atoms with van der Waals surface area (Å²) in [6, 6.07) is 9.99. The first-order valence-electron chi connectivity index (χ1n) is 6.59. The van der Waals surface area contributed by atoms with Gasteiger partial charge in [-0.05, 0) is 53.5 Å². The third-order valence-corrected chi connectivity index (χ3v) is 3.95. The highest BCUT2D eigenvalue weighted by atomic mass is 79.9. The van der Waals surface area contributed by atoms with Crippen molar-refractivity contribution in [1.82, 2.24) is 0 Å². The average Bonchev–Trinajstić information content (AvgIpc) is 2.88. The first-order chi connectivity index (χ1) is 10.1. The minimum absolute atomic E-state index is 0.267. The molecule has 4 nitrogen and oxygen atoms in total. The van der Waals surface area contributed by atoms with Crippen molar-refractivity contribution >= 4 is 27.8 Å². The van der Waals surface area contributed by atoms with E-state index in [2.05, 4.69) is 52.4 Å². The van der Waals surface area contributed by atoms with Crippen LogP contribution >= 0.6 is 15.9 Å². The van der Waals surface area contributed by atoms with Crippen molar-refractivity contribution in [3.63, 3.8) is 0 Å². The molecule has 0 unspecified atom stereocenters. The largest absolute Gasteiger partial charge is 0.454 e. The molecule has 0 aromatic heterocycles. The second kappa shape index (κ2) is 5.77. The minimum Gasteiger partial charge on any atom is -0.454 e. The monoisotopic (exact) mass is 346 g/mol. The van der Waals surface area contributed by atoms with Crippen molar-refractivity contribution in [2.24, 2.45) is 5.10 Å². The van der Waals surface area contributed by atoms with Crippen LogP contribution in [0.5, 0.6) is 11.5 Å². The Bertz CT molecular complexity index is 714. The van der Waals surface area contributed by atoms with Crippen molar-refractivity contribution in [1.29, 1.82) is 0 Å². The number of hydrazone groups is 1. The molecule has 5 heteroatoms. The fourth-order valence-electron chi connectivity index (χ4n) is 2.14. The van der Waals surface area contributed by atoms with Crippen LogP contribution in [0.2, 0.25) is 0 Å². The standard InChI is InChI=1S/C16H15BrN2O2/c1-10-3-4-14(11(2)5-10)19-18-8-12-6-15-16(7-13(12)17)21-9-20-15/h3-8,19H,9H2,1-2H3/b18-8-. The molecular weight excluding hydrogens is 332 g/mol. The van der Waals surface area contributed by atoms with Crippen molar-refractivity contribution in [2.45, 2.75) is 13.8 Å². The van der Waals surface area contributed by atoms with E-state index in [1.165, 1.54) is 5.56 Å². The van der Waals surface area contributed by atoms with Gasteiger partial charge in [-0.3, -0.25) is 5.43 Å². The van der Waals surface area contributed by atoms with Gasteiger partial charge in [0.2, 0.25) is 6.79 Å². The normalized spacial score (nSPS) is 12.9. The number of halogens is 1. The summed E-state index contributed by atoms with van der Waals surface area (Å²) in [5, 5.41) is 4.29. The maximum absolute atomic E-state index is 5.37. The van der Waals surface area contributed by atoms with Crippen LogP contribution in [-0.2, 0) is 0 Å². The Kier molecular flexibility index (Phi) is 3.84. The molecule has 0 radical (unpaired) electrons. The topological polar surface area (TPSA) is 42.9 Å². The molecule has 1 aliphatic heterocycles. The molecule has 0 fully saturated rings. The summed E-state index contributed by atoms with van der Waals surface area (Å²) in [6.07, 6.45) is 1.76. The second-order valence-electron chi connectivity index (χ2n) is 4.92. The van der Waals surface area contributed by atoms with Crippen LogP contribution in [0.1, 0.15) is 16.7 Å². The van der Waals surface area contributed by atoms with Gasteiger partial charge in [-0.15, -0.1) is 0 Å². The summed E-state index contributed by atoms with van der Waals surface area (Å²) in [4.78, 5) is 0. The molecule has 3 rings (SSSR count). The number of fused-ring (bicyclic) bond motifs is 1. The van der Waals surface area contributed by atoms with E-state index in [-0.39, 0.29) is 6.79 Å². The third kappa shape index (κ3) is 3.03. The molecule has 1 aliphatic rings. The van der Waals surface area contributed by atoms with E-state index < -0.39 is 0 Å². The van der Waals surface area contributed by atoms with Crippen molar-refractivity contribution < 1.29 is 9.47 Å². The predicted molar refractivity (Wildman–Crippen MR) is 87.4 cm³/mol. The number of nitrogens with zero attached hydrogens (tertiary/aromatic N) is 1. The van der Waals surface area contributed by atoms with Gasteiger partial charge in [0.1, 0.15) is 0 Å². The summed E-state index contributed by atoms with van der Waals surface area (Å²) in [5.74, 6) is 1.49. The lowest BCUT2D eigenvalue weighted by Crippen LogP contribution is -1.94. The van der Waals surface area contributed by atoms with Crippen molar-refractivity contribution in [3.05, 3.63) is 51.5 Å². The number of hydrogen-bond donors (Lipinski definition) is 1. The van der Waals surface area contributed by atoms with Gasteiger partial charge in [-0.25, -0.2) is 0 Å². The maximum atomic E-state index is 5.37. The molecule has 0 bridgehead atoms. The number of rotatable bonds is 3. The summed E-state index contributed by atoms with van der Waals surface area (Å²) < 4.78 is 11.6.